The SMILES string of the molecule is CCN(C)C(=O)CNCC(O)c1ccsc1. The summed E-state index contributed by atoms with van der Waals surface area (Å²) in [4.78, 5) is 13.1. The van der Waals surface area contributed by atoms with Gasteiger partial charge < -0.3 is 15.3 Å². The molecule has 0 bridgehead atoms. The maximum Gasteiger partial charge on any atom is 0.236 e. The zero-order chi connectivity index (χ0) is 12.0. The molecule has 0 saturated heterocycles. The molecule has 0 radical (unpaired) electrons. The minimum atomic E-state index is -0.536. The van der Waals surface area contributed by atoms with Gasteiger partial charge in [0.1, 0.15) is 0 Å². The van der Waals surface area contributed by atoms with Crippen LogP contribution in [0.25, 0.3) is 0 Å². The molecule has 0 aliphatic rings. The summed E-state index contributed by atoms with van der Waals surface area (Å²) in [7, 11) is 1.76. The van der Waals surface area contributed by atoms with Crippen LogP contribution in [0.5, 0.6) is 0 Å². The third kappa shape index (κ3) is 3.92. The predicted molar refractivity (Wildman–Crippen MR) is 65.5 cm³/mol. The molecule has 0 saturated carbocycles. The van der Waals surface area contributed by atoms with Crippen molar-refractivity contribution >= 4 is 17.2 Å². The molecule has 16 heavy (non-hydrogen) atoms. The van der Waals surface area contributed by atoms with Crippen LogP contribution in [-0.4, -0.2) is 42.6 Å². The van der Waals surface area contributed by atoms with E-state index in [0.717, 1.165) is 5.56 Å². The highest BCUT2D eigenvalue weighted by Gasteiger charge is 2.09. The van der Waals surface area contributed by atoms with Gasteiger partial charge in [0, 0.05) is 20.1 Å². The molecule has 1 amide bonds. The first-order chi connectivity index (χ1) is 7.65. The first kappa shape index (κ1) is 13.2. The molecular weight excluding hydrogens is 224 g/mol. The molecule has 0 aliphatic heterocycles. The Hall–Kier alpha value is -0.910. The van der Waals surface area contributed by atoms with Gasteiger partial charge in [0.25, 0.3) is 0 Å². The number of aliphatic hydroxyl groups excluding tert-OH is 1. The number of likely N-dealkylation sites (N-methyl/N-ethyl adjacent to an activating group) is 1. The molecule has 1 unspecified atom stereocenters. The van der Waals surface area contributed by atoms with Gasteiger partial charge in [0.15, 0.2) is 0 Å². The summed E-state index contributed by atoms with van der Waals surface area (Å²) < 4.78 is 0. The van der Waals surface area contributed by atoms with Gasteiger partial charge in [-0.3, -0.25) is 4.79 Å². The number of thiophene rings is 1. The summed E-state index contributed by atoms with van der Waals surface area (Å²) in [5.41, 5.74) is 0.897. The smallest absolute Gasteiger partial charge is 0.236 e. The molecule has 1 atom stereocenters. The molecule has 1 heterocycles. The molecule has 90 valence electrons. The van der Waals surface area contributed by atoms with Crippen LogP contribution in [0.1, 0.15) is 18.6 Å². The van der Waals surface area contributed by atoms with Crippen LogP contribution in [0.15, 0.2) is 16.8 Å². The Balaban J connectivity index is 2.23. The van der Waals surface area contributed by atoms with E-state index in [9.17, 15) is 9.90 Å². The van der Waals surface area contributed by atoms with Crippen molar-refractivity contribution in [3.8, 4) is 0 Å². The van der Waals surface area contributed by atoms with E-state index in [1.54, 1.807) is 23.3 Å². The van der Waals surface area contributed by atoms with Crippen LogP contribution in [0.2, 0.25) is 0 Å². The zero-order valence-electron chi connectivity index (χ0n) is 9.64. The average molecular weight is 242 g/mol. The van der Waals surface area contributed by atoms with E-state index in [0.29, 0.717) is 13.1 Å². The fourth-order valence-electron chi connectivity index (χ4n) is 1.21. The second kappa shape index (κ2) is 6.62. The molecule has 0 aliphatic carbocycles. The van der Waals surface area contributed by atoms with Gasteiger partial charge in [-0.2, -0.15) is 11.3 Å². The number of carbonyl (C=O) groups is 1. The lowest BCUT2D eigenvalue weighted by atomic mass is 10.2. The Morgan fingerprint density at radius 1 is 1.69 bits per heavy atom. The number of hydrogen-bond donors (Lipinski definition) is 2. The van der Waals surface area contributed by atoms with E-state index < -0.39 is 6.10 Å². The highest BCUT2D eigenvalue weighted by atomic mass is 32.1. The Labute approximate surface area is 99.9 Å². The topological polar surface area (TPSA) is 52.6 Å². The largest absolute Gasteiger partial charge is 0.387 e. The summed E-state index contributed by atoms with van der Waals surface area (Å²) in [6.07, 6.45) is -0.536. The van der Waals surface area contributed by atoms with Crippen molar-refractivity contribution in [3.05, 3.63) is 22.4 Å². The number of hydrogen-bond acceptors (Lipinski definition) is 4. The lowest BCUT2D eigenvalue weighted by Gasteiger charge is -2.16. The van der Waals surface area contributed by atoms with Crippen LogP contribution < -0.4 is 5.32 Å². The summed E-state index contributed by atoms with van der Waals surface area (Å²) in [6.45, 7) is 3.30. The molecule has 2 N–H and O–H groups in total. The van der Waals surface area contributed by atoms with Crippen LogP contribution in [0.4, 0.5) is 0 Å². The van der Waals surface area contributed by atoms with Crippen molar-refractivity contribution in [2.75, 3.05) is 26.7 Å². The van der Waals surface area contributed by atoms with Gasteiger partial charge in [-0.25, -0.2) is 0 Å². The van der Waals surface area contributed by atoms with Gasteiger partial charge in [-0.05, 0) is 29.3 Å². The molecule has 0 spiro atoms. The highest BCUT2D eigenvalue weighted by molar-refractivity contribution is 7.07. The first-order valence-corrected chi connectivity index (χ1v) is 6.24. The number of amides is 1. The first-order valence-electron chi connectivity index (χ1n) is 5.30. The Morgan fingerprint density at radius 3 is 3.00 bits per heavy atom. The quantitative estimate of drug-likeness (QED) is 0.777. The molecule has 1 rings (SSSR count). The highest BCUT2D eigenvalue weighted by Crippen LogP contribution is 2.14. The van der Waals surface area contributed by atoms with Crippen LogP contribution in [0, 0.1) is 0 Å². The molecular formula is C11H18N2O2S. The van der Waals surface area contributed by atoms with Gasteiger partial charge in [0.05, 0.1) is 12.6 Å². The molecule has 5 heteroatoms. The number of rotatable bonds is 6. The average Bonchev–Trinajstić information content (AvgIpc) is 2.81. The van der Waals surface area contributed by atoms with Crippen LogP contribution in [0.3, 0.4) is 0 Å². The Kier molecular flexibility index (Phi) is 5.45. The van der Waals surface area contributed by atoms with Crippen LogP contribution >= 0.6 is 11.3 Å². The number of carbonyl (C=O) groups excluding carboxylic acids is 1. The second-order valence-corrected chi connectivity index (χ2v) is 4.39. The van der Waals surface area contributed by atoms with Crippen molar-refractivity contribution in [1.82, 2.24) is 10.2 Å². The Morgan fingerprint density at radius 2 is 2.44 bits per heavy atom. The van der Waals surface area contributed by atoms with Crippen molar-refractivity contribution in [2.24, 2.45) is 0 Å². The minimum absolute atomic E-state index is 0.0417. The predicted octanol–water partition coefficient (Wildman–Crippen LogP) is 0.849. The van der Waals surface area contributed by atoms with Gasteiger partial charge in [-0.15, -0.1) is 0 Å². The van der Waals surface area contributed by atoms with E-state index >= 15 is 0 Å². The molecule has 4 nitrogen and oxygen atoms in total. The Bertz CT molecular complexity index is 314. The van der Waals surface area contributed by atoms with E-state index in [-0.39, 0.29) is 12.5 Å². The summed E-state index contributed by atoms with van der Waals surface area (Å²) in [5.74, 6) is 0.0417. The van der Waals surface area contributed by atoms with Gasteiger partial charge in [-0.1, -0.05) is 0 Å². The van der Waals surface area contributed by atoms with E-state index in [1.165, 1.54) is 0 Å². The third-order valence-electron chi connectivity index (χ3n) is 2.44. The fraction of sp³-hybridized carbons (Fsp3) is 0.545. The van der Waals surface area contributed by atoms with Crippen molar-refractivity contribution < 1.29 is 9.90 Å². The minimum Gasteiger partial charge on any atom is -0.387 e. The lowest BCUT2D eigenvalue weighted by molar-refractivity contribution is -0.128. The normalized spacial score (nSPS) is 12.4. The zero-order valence-corrected chi connectivity index (χ0v) is 10.5. The van der Waals surface area contributed by atoms with E-state index in [1.807, 2.05) is 23.8 Å². The second-order valence-electron chi connectivity index (χ2n) is 3.61. The number of aliphatic hydroxyl groups is 1. The van der Waals surface area contributed by atoms with Crippen LogP contribution in [-0.2, 0) is 4.79 Å². The van der Waals surface area contributed by atoms with Crippen molar-refractivity contribution in [1.29, 1.82) is 0 Å². The van der Waals surface area contributed by atoms with Gasteiger partial charge >= 0.3 is 0 Å². The fourth-order valence-corrected chi connectivity index (χ4v) is 1.92. The van der Waals surface area contributed by atoms with Crippen molar-refractivity contribution in [3.63, 3.8) is 0 Å². The molecule has 0 fully saturated rings. The molecule has 1 aromatic rings. The lowest BCUT2D eigenvalue weighted by Crippen LogP contribution is -2.36. The monoisotopic (exact) mass is 242 g/mol. The maximum absolute atomic E-state index is 11.4. The van der Waals surface area contributed by atoms with E-state index in [2.05, 4.69) is 5.32 Å². The summed E-state index contributed by atoms with van der Waals surface area (Å²) >= 11 is 1.55. The van der Waals surface area contributed by atoms with Gasteiger partial charge in [0.2, 0.25) is 5.91 Å². The standard InChI is InChI=1S/C11H18N2O2S/c1-3-13(2)11(15)7-12-6-10(14)9-4-5-16-8-9/h4-5,8,10,12,14H,3,6-7H2,1-2H3. The third-order valence-corrected chi connectivity index (χ3v) is 3.14. The number of nitrogens with one attached hydrogen (secondary N) is 1. The van der Waals surface area contributed by atoms with E-state index in [4.69, 9.17) is 0 Å². The maximum atomic E-state index is 11.4. The summed E-state index contributed by atoms with van der Waals surface area (Å²) in [6, 6.07) is 1.89. The molecule has 1 aromatic heterocycles. The number of nitrogens with zero attached hydrogens (tertiary/aromatic N) is 1. The summed E-state index contributed by atoms with van der Waals surface area (Å²) in [5, 5.41) is 16.5. The van der Waals surface area contributed by atoms with Crippen molar-refractivity contribution in [2.45, 2.75) is 13.0 Å². The molecule has 0 aromatic carbocycles.